The molecular weight excluding hydrogens is 354 g/mol. The fraction of sp³-hybridized carbons (Fsp3) is 0.591. The number of piperazine rings is 1. The molecule has 6 nitrogen and oxygen atoms in total. The van der Waals surface area contributed by atoms with Crippen molar-refractivity contribution in [1.82, 2.24) is 9.80 Å². The minimum atomic E-state index is 0.0181. The van der Waals surface area contributed by atoms with E-state index in [0.29, 0.717) is 26.2 Å². The van der Waals surface area contributed by atoms with Gasteiger partial charge in [0.25, 0.3) is 0 Å². The molecule has 6 heteroatoms. The predicted molar refractivity (Wildman–Crippen MR) is 107 cm³/mol. The van der Waals surface area contributed by atoms with Gasteiger partial charge in [0.2, 0.25) is 18.2 Å². The third-order valence-electron chi connectivity index (χ3n) is 6.65. The monoisotopic (exact) mass is 383 g/mol. The van der Waals surface area contributed by atoms with Gasteiger partial charge in [-0.1, -0.05) is 18.2 Å². The van der Waals surface area contributed by atoms with Crippen LogP contribution in [0.25, 0.3) is 0 Å². The number of hydrogen-bond donors (Lipinski definition) is 0. The Hall–Kier alpha value is -2.37. The Morgan fingerprint density at radius 2 is 1.54 bits per heavy atom. The van der Waals surface area contributed by atoms with Crippen LogP contribution in [0.4, 0.5) is 5.69 Å². The SMILES string of the molecule is CC1Cc2ccccc2N1C(=O)C1CCC(C(=O)N2CCN(C=O)CC2)CC1. The molecule has 1 atom stereocenters. The molecular formula is C22H29N3O3. The van der Waals surface area contributed by atoms with Gasteiger partial charge in [-0.2, -0.15) is 0 Å². The lowest BCUT2D eigenvalue weighted by Gasteiger charge is -2.37. The summed E-state index contributed by atoms with van der Waals surface area (Å²) in [6.07, 6.45) is 4.92. The fourth-order valence-electron chi connectivity index (χ4n) is 4.99. The van der Waals surface area contributed by atoms with E-state index in [4.69, 9.17) is 0 Å². The van der Waals surface area contributed by atoms with Crippen LogP contribution < -0.4 is 4.90 Å². The first kappa shape index (κ1) is 19.0. The molecule has 150 valence electrons. The van der Waals surface area contributed by atoms with E-state index in [9.17, 15) is 14.4 Å². The van der Waals surface area contributed by atoms with Gasteiger partial charge in [-0.05, 0) is 50.7 Å². The molecule has 1 aliphatic carbocycles. The summed E-state index contributed by atoms with van der Waals surface area (Å²) in [4.78, 5) is 42.5. The van der Waals surface area contributed by atoms with Crippen LogP contribution in [0.2, 0.25) is 0 Å². The van der Waals surface area contributed by atoms with Crippen molar-refractivity contribution in [2.24, 2.45) is 11.8 Å². The Labute approximate surface area is 166 Å². The lowest BCUT2D eigenvalue weighted by molar-refractivity contribution is -0.141. The number of para-hydroxylation sites is 1. The molecule has 2 heterocycles. The molecule has 0 radical (unpaired) electrons. The molecule has 3 amide bonds. The zero-order valence-electron chi connectivity index (χ0n) is 16.5. The highest BCUT2D eigenvalue weighted by molar-refractivity contribution is 5.97. The smallest absolute Gasteiger partial charge is 0.230 e. The molecule has 1 saturated heterocycles. The zero-order chi connectivity index (χ0) is 19.7. The average Bonchev–Trinajstić information content (AvgIpc) is 3.08. The Balaban J connectivity index is 1.34. The number of rotatable bonds is 3. The molecule has 1 saturated carbocycles. The standard InChI is InChI=1S/C22H29N3O3/c1-16-14-19-4-2-3-5-20(19)25(16)22(28)18-8-6-17(7-9-18)21(27)24-12-10-23(15-26)11-13-24/h2-5,15-18H,6-14H2,1H3. The predicted octanol–water partition coefficient (Wildman–Crippen LogP) is 2.07. The first-order valence-electron chi connectivity index (χ1n) is 10.5. The highest BCUT2D eigenvalue weighted by Crippen LogP contribution is 2.37. The number of benzene rings is 1. The maximum Gasteiger partial charge on any atom is 0.230 e. The van der Waals surface area contributed by atoms with E-state index in [-0.39, 0.29) is 29.7 Å². The Morgan fingerprint density at radius 3 is 2.18 bits per heavy atom. The molecule has 28 heavy (non-hydrogen) atoms. The van der Waals surface area contributed by atoms with E-state index < -0.39 is 0 Å². The van der Waals surface area contributed by atoms with Crippen LogP contribution in [0.1, 0.15) is 38.2 Å². The van der Waals surface area contributed by atoms with Gasteiger partial charge in [0, 0.05) is 49.7 Å². The minimum absolute atomic E-state index is 0.0181. The molecule has 1 unspecified atom stereocenters. The number of anilines is 1. The van der Waals surface area contributed by atoms with Crippen molar-refractivity contribution < 1.29 is 14.4 Å². The van der Waals surface area contributed by atoms with E-state index in [0.717, 1.165) is 44.2 Å². The maximum atomic E-state index is 13.2. The zero-order valence-corrected chi connectivity index (χ0v) is 16.5. The Bertz CT molecular complexity index is 749. The molecule has 0 aromatic heterocycles. The average molecular weight is 383 g/mol. The van der Waals surface area contributed by atoms with Crippen LogP contribution in [0.3, 0.4) is 0 Å². The van der Waals surface area contributed by atoms with Gasteiger partial charge in [0.15, 0.2) is 0 Å². The first-order chi connectivity index (χ1) is 13.6. The summed E-state index contributed by atoms with van der Waals surface area (Å²) in [5.41, 5.74) is 2.31. The van der Waals surface area contributed by atoms with Gasteiger partial charge in [-0.3, -0.25) is 14.4 Å². The summed E-state index contributed by atoms with van der Waals surface area (Å²) in [5, 5.41) is 0. The summed E-state index contributed by atoms with van der Waals surface area (Å²) in [7, 11) is 0. The quantitative estimate of drug-likeness (QED) is 0.751. The number of amides is 3. The van der Waals surface area contributed by atoms with Crippen LogP contribution >= 0.6 is 0 Å². The number of hydrogen-bond acceptors (Lipinski definition) is 3. The fourth-order valence-corrected chi connectivity index (χ4v) is 4.99. The summed E-state index contributed by atoms with van der Waals surface area (Å²) in [6, 6.07) is 8.39. The summed E-state index contributed by atoms with van der Waals surface area (Å²) in [6.45, 7) is 4.60. The number of carbonyl (C=O) groups is 3. The lowest BCUT2D eigenvalue weighted by atomic mass is 9.80. The van der Waals surface area contributed by atoms with Crippen molar-refractivity contribution in [3.63, 3.8) is 0 Å². The molecule has 2 aliphatic heterocycles. The van der Waals surface area contributed by atoms with Gasteiger partial charge < -0.3 is 14.7 Å². The third kappa shape index (κ3) is 3.52. The Kier molecular flexibility index (Phi) is 5.38. The van der Waals surface area contributed by atoms with Crippen molar-refractivity contribution in [2.75, 3.05) is 31.1 Å². The largest absolute Gasteiger partial charge is 0.342 e. The van der Waals surface area contributed by atoms with Gasteiger partial charge in [0.1, 0.15) is 0 Å². The van der Waals surface area contributed by atoms with Crippen molar-refractivity contribution in [1.29, 1.82) is 0 Å². The van der Waals surface area contributed by atoms with Crippen molar-refractivity contribution >= 4 is 23.9 Å². The second-order valence-electron chi connectivity index (χ2n) is 8.41. The molecule has 0 spiro atoms. The second kappa shape index (κ2) is 7.94. The molecule has 0 N–H and O–H groups in total. The molecule has 1 aromatic carbocycles. The van der Waals surface area contributed by atoms with Crippen molar-refractivity contribution in [2.45, 2.75) is 45.1 Å². The second-order valence-corrected chi connectivity index (χ2v) is 8.41. The van der Waals surface area contributed by atoms with E-state index in [1.807, 2.05) is 28.0 Å². The number of fused-ring (bicyclic) bond motifs is 1. The lowest BCUT2D eigenvalue weighted by Crippen LogP contribution is -2.50. The molecule has 2 fully saturated rings. The minimum Gasteiger partial charge on any atom is -0.342 e. The van der Waals surface area contributed by atoms with Crippen molar-refractivity contribution in [3.05, 3.63) is 29.8 Å². The highest BCUT2D eigenvalue weighted by Gasteiger charge is 2.38. The molecule has 3 aliphatic rings. The van der Waals surface area contributed by atoms with E-state index >= 15 is 0 Å². The maximum absolute atomic E-state index is 13.2. The topological polar surface area (TPSA) is 60.9 Å². The number of carbonyl (C=O) groups excluding carboxylic acids is 3. The van der Waals surface area contributed by atoms with Gasteiger partial charge in [-0.25, -0.2) is 0 Å². The van der Waals surface area contributed by atoms with Gasteiger partial charge in [0.05, 0.1) is 0 Å². The van der Waals surface area contributed by atoms with Gasteiger partial charge >= 0.3 is 0 Å². The molecule has 0 bridgehead atoms. The van der Waals surface area contributed by atoms with E-state index in [2.05, 4.69) is 13.0 Å². The van der Waals surface area contributed by atoms with Crippen LogP contribution in [0.5, 0.6) is 0 Å². The van der Waals surface area contributed by atoms with Crippen molar-refractivity contribution in [3.8, 4) is 0 Å². The number of nitrogens with zero attached hydrogens (tertiary/aromatic N) is 3. The molecule has 4 rings (SSSR count). The third-order valence-corrected chi connectivity index (χ3v) is 6.65. The van der Waals surface area contributed by atoms with E-state index in [1.165, 1.54) is 5.56 Å². The first-order valence-corrected chi connectivity index (χ1v) is 10.5. The van der Waals surface area contributed by atoms with Gasteiger partial charge in [-0.15, -0.1) is 0 Å². The van der Waals surface area contributed by atoms with Crippen LogP contribution in [0.15, 0.2) is 24.3 Å². The Morgan fingerprint density at radius 1 is 0.929 bits per heavy atom. The normalized spacial score (nSPS) is 27.5. The molecule has 1 aromatic rings. The van der Waals surface area contributed by atoms with E-state index in [1.54, 1.807) is 4.90 Å². The van der Waals surface area contributed by atoms with Crippen LogP contribution in [-0.2, 0) is 20.8 Å². The summed E-state index contributed by atoms with van der Waals surface area (Å²) >= 11 is 0. The van der Waals surface area contributed by atoms with Crippen LogP contribution in [-0.4, -0.2) is 60.2 Å². The summed E-state index contributed by atoms with van der Waals surface area (Å²) < 4.78 is 0. The summed E-state index contributed by atoms with van der Waals surface area (Å²) in [5.74, 6) is 0.471. The highest BCUT2D eigenvalue weighted by atomic mass is 16.2. The van der Waals surface area contributed by atoms with Crippen LogP contribution in [0, 0.1) is 11.8 Å².